The van der Waals surface area contributed by atoms with Crippen molar-refractivity contribution in [1.29, 1.82) is 0 Å². The van der Waals surface area contributed by atoms with E-state index in [4.69, 9.17) is 40.5 Å². The quantitative estimate of drug-likeness (QED) is 0.166. The molecule has 2 fully saturated rings. The highest BCUT2D eigenvalue weighted by Gasteiger charge is 2.07. The molecule has 0 saturated carbocycles. The Morgan fingerprint density at radius 1 is 0.600 bits per heavy atom. The molecule has 0 radical (unpaired) electrons. The third-order valence-electron chi connectivity index (χ3n) is 3.94. The first kappa shape index (κ1) is 23.4. The lowest BCUT2D eigenvalue weighted by molar-refractivity contribution is -0.527. The Morgan fingerprint density at radius 3 is 0.960 bits per heavy atom. The van der Waals surface area contributed by atoms with Gasteiger partial charge in [0.05, 0.1) is 26.2 Å². The van der Waals surface area contributed by atoms with Crippen LogP contribution < -0.4 is 22.9 Å². The molecule has 11 heteroatoms. The van der Waals surface area contributed by atoms with Gasteiger partial charge in [-0.05, 0) is 25.7 Å². The summed E-state index contributed by atoms with van der Waals surface area (Å²) in [5, 5.41) is 0. The Labute approximate surface area is 150 Å². The van der Waals surface area contributed by atoms with E-state index < -0.39 is 10.4 Å². The van der Waals surface area contributed by atoms with Crippen molar-refractivity contribution in [1.82, 2.24) is 0 Å². The predicted octanol–water partition coefficient (Wildman–Crippen LogP) is -1.65. The molecule has 0 aromatic carbocycles. The molecule has 2 aliphatic rings. The number of hydrogen-bond donors (Lipinski definition) is 4. The Hall–Kier alpha value is -1.59. The highest BCUT2D eigenvalue weighted by atomic mass is 32.3. The summed E-state index contributed by atoms with van der Waals surface area (Å²) in [5.74, 6) is 0.976. The Morgan fingerprint density at radius 2 is 0.800 bits per heavy atom. The van der Waals surface area contributed by atoms with E-state index in [-0.39, 0.29) is 0 Å². The summed E-state index contributed by atoms with van der Waals surface area (Å²) in [6.07, 6.45) is 10.2. The molecule has 0 atom stereocenters. The highest BCUT2D eigenvalue weighted by Crippen LogP contribution is 2.05. The molecule has 148 valence electrons. The molecule has 0 aromatic rings. The SMILES string of the molecule is NC(N)=[N+]1CCCCCC1.NC(N)=[N+]1CCCCCC1.O=S(=O)([O-])[O-]. The fourth-order valence-electron chi connectivity index (χ4n) is 2.66. The van der Waals surface area contributed by atoms with E-state index in [1.165, 1.54) is 51.4 Å². The topological polar surface area (TPSA) is 190 Å². The second-order valence-corrected chi connectivity index (χ2v) is 6.88. The summed E-state index contributed by atoms with van der Waals surface area (Å²) in [5.41, 5.74) is 21.8. The summed E-state index contributed by atoms with van der Waals surface area (Å²) in [7, 11) is -5.17. The average molecular weight is 381 g/mol. The molecule has 0 bridgehead atoms. The van der Waals surface area contributed by atoms with Crippen LogP contribution >= 0.6 is 0 Å². The van der Waals surface area contributed by atoms with Crippen molar-refractivity contribution in [3.05, 3.63) is 0 Å². The molecule has 2 aliphatic heterocycles. The maximum Gasteiger partial charge on any atom is 0.341 e. The van der Waals surface area contributed by atoms with Crippen molar-refractivity contribution >= 4 is 22.3 Å². The number of hydrogen-bond acceptors (Lipinski definition) is 4. The van der Waals surface area contributed by atoms with Crippen LogP contribution in [0.4, 0.5) is 0 Å². The van der Waals surface area contributed by atoms with E-state index in [1.807, 2.05) is 0 Å². The van der Waals surface area contributed by atoms with E-state index in [2.05, 4.69) is 9.15 Å². The smallest absolute Gasteiger partial charge is 0.341 e. The van der Waals surface area contributed by atoms with Crippen LogP contribution in [0, 0.1) is 0 Å². The van der Waals surface area contributed by atoms with Crippen LogP contribution in [0.3, 0.4) is 0 Å². The van der Waals surface area contributed by atoms with Gasteiger partial charge >= 0.3 is 11.9 Å². The maximum absolute atomic E-state index is 8.52. The maximum atomic E-state index is 8.52. The van der Waals surface area contributed by atoms with E-state index in [0.717, 1.165) is 26.2 Å². The summed E-state index contributed by atoms with van der Waals surface area (Å²) < 4.78 is 38.2. The van der Waals surface area contributed by atoms with Crippen molar-refractivity contribution in [3.63, 3.8) is 0 Å². The van der Waals surface area contributed by atoms with Gasteiger partial charge < -0.3 is 9.11 Å². The van der Waals surface area contributed by atoms with Gasteiger partial charge in [0.25, 0.3) is 0 Å². The van der Waals surface area contributed by atoms with Crippen LogP contribution in [-0.2, 0) is 10.4 Å². The van der Waals surface area contributed by atoms with Gasteiger partial charge in [-0.2, -0.15) is 0 Å². The Kier molecular flexibility index (Phi) is 11.9. The van der Waals surface area contributed by atoms with Gasteiger partial charge in [-0.1, -0.05) is 25.7 Å². The first-order valence-corrected chi connectivity index (χ1v) is 9.87. The minimum atomic E-state index is -5.17. The van der Waals surface area contributed by atoms with E-state index >= 15 is 0 Å². The molecule has 0 unspecified atom stereocenters. The summed E-state index contributed by atoms with van der Waals surface area (Å²) in [6, 6.07) is 0. The average Bonchev–Trinajstić information content (AvgIpc) is 2.91. The molecule has 2 saturated heterocycles. The van der Waals surface area contributed by atoms with E-state index in [9.17, 15) is 0 Å². The zero-order valence-electron chi connectivity index (χ0n) is 14.7. The van der Waals surface area contributed by atoms with Crippen molar-refractivity contribution < 1.29 is 26.7 Å². The fourth-order valence-corrected chi connectivity index (χ4v) is 2.66. The molecule has 0 aromatic heterocycles. The first-order chi connectivity index (χ1) is 11.6. The third kappa shape index (κ3) is 15.7. The molecule has 2 rings (SSSR count). The zero-order valence-corrected chi connectivity index (χ0v) is 15.5. The highest BCUT2D eigenvalue weighted by molar-refractivity contribution is 7.79. The van der Waals surface area contributed by atoms with Crippen molar-refractivity contribution in [2.45, 2.75) is 51.4 Å². The van der Waals surface area contributed by atoms with Crippen LogP contribution in [0.15, 0.2) is 0 Å². The molecule has 10 nitrogen and oxygen atoms in total. The molecule has 0 spiro atoms. The minimum absolute atomic E-state index is 0.488. The van der Waals surface area contributed by atoms with Gasteiger partial charge in [0, 0.05) is 10.4 Å². The number of rotatable bonds is 0. The normalized spacial score (nSPS) is 18.5. The monoisotopic (exact) mass is 380 g/mol. The second-order valence-electron chi connectivity index (χ2n) is 6.06. The summed E-state index contributed by atoms with van der Waals surface area (Å²) >= 11 is 0. The molecule has 8 N–H and O–H groups in total. The van der Waals surface area contributed by atoms with Crippen LogP contribution in [-0.4, -0.2) is 64.8 Å². The van der Waals surface area contributed by atoms with Gasteiger partial charge in [-0.25, -0.2) is 0 Å². The van der Waals surface area contributed by atoms with Gasteiger partial charge in [-0.15, -0.1) is 0 Å². The lowest BCUT2D eigenvalue weighted by Crippen LogP contribution is -2.36. The molecule has 0 aliphatic carbocycles. The lowest BCUT2D eigenvalue weighted by Gasteiger charge is -2.06. The van der Waals surface area contributed by atoms with E-state index in [0.29, 0.717) is 11.9 Å². The van der Waals surface area contributed by atoms with Crippen molar-refractivity contribution in [3.8, 4) is 0 Å². The number of nitrogens with zero attached hydrogens (tertiary/aromatic N) is 2. The molecular weight excluding hydrogens is 348 g/mol. The van der Waals surface area contributed by atoms with Crippen LogP contribution in [0.1, 0.15) is 51.4 Å². The zero-order chi connectivity index (χ0) is 19.3. The van der Waals surface area contributed by atoms with Crippen molar-refractivity contribution in [2.24, 2.45) is 22.9 Å². The number of guanidine groups is 2. The molecule has 0 amide bonds. The lowest BCUT2D eigenvalue weighted by atomic mass is 10.2. The second kappa shape index (κ2) is 12.7. The van der Waals surface area contributed by atoms with E-state index in [1.54, 1.807) is 0 Å². The Bertz CT molecular complexity index is 478. The van der Waals surface area contributed by atoms with Crippen molar-refractivity contribution in [2.75, 3.05) is 26.2 Å². The molecule has 2 heterocycles. The summed E-state index contributed by atoms with van der Waals surface area (Å²) in [6.45, 7) is 4.18. The van der Waals surface area contributed by atoms with Gasteiger partial charge in [0.2, 0.25) is 0 Å². The Balaban J connectivity index is 0.000000368. The van der Waals surface area contributed by atoms with Crippen LogP contribution in [0.5, 0.6) is 0 Å². The summed E-state index contributed by atoms with van der Waals surface area (Å²) in [4.78, 5) is 0. The van der Waals surface area contributed by atoms with Gasteiger partial charge in [-0.3, -0.25) is 40.5 Å². The first-order valence-electron chi connectivity index (χ1n) is 8.53. The van der Waals surface area contributed by atoms with Crippen LogP contribution in [0.25, 0.3) is 0 Å². The van der Waals surface area contributed by atoms with Gasteiger partial charge in [0.15, 0.2) is 0 Å². The van der Waals surface area contributed by atoms with Crippen LogP contribution in [0.2, 0.25) is 0 Å². The van der Waals surface area contributed by atoms with Gasteiger partial charge in [0.1, 0.15) is 0 Å². The minimum Gasteiger partial charge on any atom is -0.759 e. The predicted molar refractivity (Wildman–Crippen MR) is 94.2 cm³/mol. The molecular formula is C14H32N6O4S. The largest absolute Gasteiger partial charge is 0.759 e. The molecule has 25 heavy (non-hydrogen) atoms. The number of nitrogens with two attached hydrogens (primary N) is 4. The third-order valence-corrected chi connectivity index (χ3v) is 3.94. The fraction of sp³-hybridized carbons (Fsp3) is 0.857. The standard InChI is InChI=1S/2C7H15N3.H2O4S/c2*8-7(9)10-5-3-1-2-4-6-10;1-5(2,3)4/h2*1-6H2,(H3,8,9);(H2,1,2,3,4).